The Hall–Kier alpha value is -2.70. The molecule has 1 fully saturated rings. The summed E-state index contributed by atoms with van der Waals surface area (Å²) >= 11 is 0. The van der Waals surface area contributed by atoms with E-state index in [1.165, 1.54) is 37.3 Å². The van der Waals surface area contributed by atoms with Gasteiger partial charge in [-0.1, -0.05) is 31.7 Å². The summed E-state index contributed by atoms with van der Waals surface area (Å²) in [7, 11) is 3.19. The van der Waals surface area contributed by atoms with E-state index in [-0.39, 0.29) is 11.2 Å². The van der Waals surface area contributed by atoms with E-state index in [9.17, 15) is 9.59 Å². The zero-order valence-corrected chi connectivity index (χ0v) is 15.2. The molecular formula is C19H23N5O2. The van der Waals surface area contributed by atoms with Crippen molar-refractivity contribution < 1.29 is 0 Å². The van der Waals surface area contributed by atoms with Crippen LogP contribution in [0.5, 0.6) is 0 Å². The number of hydrogen-bond acceptors (Lipinski definition) is 4. The quantitative estimate of drug-likeness (QED) is 0.714. The number of hydrogen-bond donors (Lipinski definition) is 0. The third-order valence-electron chi connectivity index (χ3n) is 5.44. The first-order valence-corrected chi connectivity index (χ1v) is 9.10. The van der Waals surface area contributed by atoms with Gasteiger partial charge >= 0.3 is 5.69 Å². The average Bonchev–Trinajstić information content (AvgIpc) is 3.28. The molecule has 3 aromatic rings. The van der Waals surface area contributed by atoms with E-state index in [1.807, 2.05) is 16.7 Å². The van der Waals surface area contributed by atoms with Crippen molar-refractivity contribution in [3.63, 3.8) is 0 Å². The van der Waals surface area contributed by atoms with Crippen molar-refractivity contribution in [3.8, 4) is 0 Å². The summed E-state index contributed by atoms with van der Waals surface area (Å²) in [5.41, 5.74) is 1.33. The highest BCUT2D eigenvalue weighted by atomic mass is 16.2. The molecule has 0 spiro atoms. The minimum Gasteiger partial charge on any atom is -0.318 e. The van der Waals surface area contributed by atoms with Gasteiger partial charge in [0.05, 0.1) is 6.54 Å². The molecule has 4 rings (SSSR count). The normalized spacial score (nSPS) is 15.2. The molecule has 1 saturated carbocycles. The summed E-state index contributed by atoms with van der Waals surface area (Å²) < 4.78 is 4.60. The Balaban J connectivity index is 1.92. The fraction of sp³-hybridized carbons (Fsp3) is 0.474. The Kier molecular flexibility index (Phi) is 4.22. The van der Waals surface area contributed by atoms with Gasteiger partial charge in [0.15, 0.2) is 11.2 Å². The van der Waals surface area contributed by atoms with Gasteiger partial charge < -0.3 is 4.57 Å². The lowest BCUT2D eigenvalue weighted by Crippen LogP contribution is -2.37. The van der Waals surface area contributed by atoms with E-state index >= 15 is 0 Å². The minimum absolute atomic E-state index is 0.294. The van der Waals surface area contributed by atoms with Crippen LogP contribution in [0.2, 0.25) is 0 Å². The zero-order chi connectivity index (χ0) is 18.3. The maximum Gasteiger partial charge on any atom is 0.332 e. The van der Waals surface area contributed by atoms with Crippen LogP contribution in [0.25, 0.3) is 11.2 Å². The molecule has 136 valence electrons. The molecule has 7 heteroatoms. The third-order valence-corrected chi connectivity index (χ3v) is 5.44. The summed E-state index contributed by atoms with van der Waals surface area (Å²) in [5.74, 6) is 1.48. The van der Waals surface area contributed by atoms with Gasteiger partial charge in [-0.3, -0.25) is 18.9 Å². The number of aromatic nitrogens is 5. The molecule has 0 unspecified atom stereocenters. The molecular weight excluding hydrogens is 330 g/mol. The number of fused-ring (bicyclic) bond motifs is 1. The predicted octanol–water partition coefficient (Wildman–Crippen LogP) is 1.61. The first kappa shape index (κ1) is 16.8. The highest BCUT2D eigenvalue weighted by Crippen LogP contribution is 2.28. The standard InChI is InChI=1S/C19H23N5O2/c1-22-17-16(18(25)23(2)19(22)26)24(12-14-8-5-9-20-11-14)15(21-17)10-13-6-3-4-7-13/h5,8-9,11,13H,3-4,6-7,10,12H2,1-2H3. The lowest BCUT2D eigenvalue weighted by atomic mass is 10.0. The summed E-state index contributed by atoms with van der Waals surface area (Å²) in [6, 6.07) is 3.88. The molecule has 0 N–H and O–H groups in total. The first-order valence-electron chi connectivity index (χ1n) is 9.10. The first-order chi connectivity index (χ1) is 12.6. The summed E-state index contributed by atoms with van der Waals surface area (Å²) in [4.78, 5) is 34.0. The van der Waals surface area contributed by atoms with Gasteiger partial charge in [-0.25, -0.2) is 9.78 Å². The number of pyridine rings is 1. The van der Waals surface area contributed by atoms with Crippen molar-refractivity contribution in [2.75, 3.05) is 0 Å². The second kappa shape index (κ2) is 6.55. The molecule has 1 aliphatic carbocycles. The number of aryl methyl sites for hydroxylation is 1. The van der Waals surface area contributed by atoms with Crippen LogP contribution in [-0.2, 0) is 27.1 Å². The van der Waals surface area contributed by atoms with Crippen molar-refractivity contribution in [1.82, 2.24) is 23.7 Å². The molecule has 0 saturated heterocycles. The predicted molar refractivity (Wildman–Crippen MR) is 99.2 cm³/mol. The van der Waals surface area contributed by atoms with Crippen LogP contribution in [-0.4, -0.2) is 23.7 Å². The van der Waals surface area contributed by atoms with Crippen LogP contribution in [0.1, 0.15) is 37.1 Å². The SMILES string of the molecule is Cn1c(=O)c2c(nc(CC3CCCC3)n2Cc2cccnc2)n(C)c1=O. The summed E-state index contributed by atoms with van der Waals surface area (Å²) in [6.07, 6.45) is 9.29. The van der Waals surface area contributed by atoms with E-state index in [4.69, 9.17) is 4.98 Å². The van der Waals surface area contributed by atoms with Gasteiger partial charge in [-0.2, -0.15) is 0 Å². The van der Waals surface area contributed by atoms with Gasteiger partial charge in [0.25, 0.3) is 5.56 Å². The molecule has 7 nitrogen and oxygen atoms in total. The minimum atomic E-state index is -0.346. The van der Waals surface area contributed by atoms with Gasteiger partial charge in [0, 0.05) is 32.9 Å². The third kappa shape index (κ3) is 2.77. The van der Waals surface area contributed by atoms with E-state index in [1.54, 1.807) is 19.4 Å². The topological polar surface area (TPSA) is 74.7 Å². The summed E-state index contributed by atoms with van der Waals surface area (Å²) in [5, 5.41) is 0. The monoisotopic (exact) mass is 353 g/mol. The Morgan fingerprint density at radius 3 is 2.62 bits per heavy atom. The molecule has 0 aliphatic heterocycles. The van der Waals surface area contributed by atoms with Crippen molar-refractivity contribution in [3.05, 3.63) is 56.8 Å². The van der Waals surface area contributed by atoms with Crippen molar-refractivity contribution in [2.45, 2.75) is 38.6 Å². The van der Waals surface area contributed by atoms with E-state index in [0.29, 0.717) is 23.6 Å². The van der Waals surface area contributed by atoms with Crippen LogP contribution in [0.15, 0.2) is 34.1 Å². The highest BCUT2D eigenvalue weighted by molar-refractivity contribution is 5.71. The molecule has 0 radical (unpaired) electrons. The molecule has 0 bridgehead atoms. The second-order valence-corrected chi connectivity index (χ2v) is 7.21. The molecule has 0 amide bonds. The fourth-order valence-electron chi connectivity index (χ4n) is 3.96. The van der Waals surface area contributed by atoms with Crippen LogP contribution >= 0.6 is 0 Å². The molecule has 3 aromatic heterocycles. The molecule has 0 atom stereocenters. The zero-order valence-electron chi connectivity index (χ0n) is 15.2. The Labute approximate surface area is 150 Å². The summed E-state index contributed by atoms with van der Waals surface area (Å²) in [6.45, 7) is 0.528. The van der Waals surface area contributed by atoms with Crippen molar-refractivity contribution in [1.29, 1.82) is 0 Å². The van der Waals surface area contributed by atoms with Gasteiger partial charge in [0.2, 0.25) is 0 Å². The Morgan fingerprint density at radius 2 is 1.92 bits per heavy atom. The molecule has 26 heavy (non-hydrogen) atoms. The highest BCUT2D eigenvalue weighted by Gasteiger charge is 2.23. The Bertz CT molecular complexity index is 1060. The van der Waals surface area contributed by atoms with E-state index in [0.717, 1.165) is 22.4 Å². The number of imidazole rings is 1. The van der Waals surface area contributed by atoms with Crippen molar-refractivity contribution in [2.24, 2.45) is 20.0 Å². The fourth-order valence-corrected chi connectivity index (χ4v) is 3.96. The second-order valence-electron chi connectivity index (χ2n) is 7.21. The van der Waals surface area contributed by atoms with Gasteiger partial charge in [-0.05, 0) is 17.5 Å². The van der Waals surface area contributed by atoms with Crippen LogP contribution in [0, 0.1) is 5.92 Å². The Morgan fingerprint density at radius 1 is 1.15 bits per heavy atom. The van der Waals surface area contributed by atoms with Gasteiger partial charge in [-0.15, -0.1) is 0 Å². The molecule has 3 heterocycles. The van der Waals surface area contributed by atoms with Crippen LogP contribution in [0.4, 0.5) is 0 Å². The lowest BCUT2D eigenvalue weighted by Gasteiger charge is -2.12. The van der Waals surface area contributed by atoms with Crippen LogP contribution < -0.4 is 11.2 Å². The molecule has 0 aromatic carbocycles. The van der Waals surface area contributed by atoms with E-state index in [2.05, 4.69) is 4.98 Å². The van der Waals surface area contributed by atoms with Crippen molar-refractivity contribution >= 4 is 11.2 Å². The largest absolute Gasteiger partial charge is 0.332 e. The number of rotatable bonds is 4. The smallest absolute Gasteiger partial charge is 0.318 e. The van der Waals surface area contributed by atoms with E-state index < -0.39 is 0 Å². The van der Waals surface area contributed by atoms with Crippen LogP contribution in [0.3, 0.4) is 0 Å². The number of nitrogens with zero attached hydrogens (tertiary/aromatic N) is 5. The van der Waals surface area contributed by atoms with Gasteiger partial charge in [0.1, 0.15) is 5.82 Å². The maximum absolute atomic E-state index is 12.8. The maximum atomic E-state index is 12.8. The average molecular weight is 353 g/mol. The molecule has 1 aliphatic rings. The lowest BCUT2D eigenvalue weighted by molar-refractivity contribution is 0.517.